The first-order valence-electron chi connectivity index (χ1n) is 28.5. The van der Waals surface area contributed by atoms with Crippen molar-refractivity contribution in [3.05, 3.63) is 290 Å². The first kappa shape index (κ1) is 54.8. The molecular formula is C77H66N5Pt-3. The summed E-state index contributed by atoms with van der Waals surface area (Å²) < 4.78 is 0. The molecule has 0 N–H and O–H groups in total. The van der Waals surface area contributed by atoms with Crippen LogP contribution in [0.1, 0.15) is 77.6 Å². The van der Waals surface area contributed by atoms with Gasteiger partial charge in [0, 0.05) is 61.0 Å². The van der Waals surface area contributed by atoms with E-state index in [0.717, 1.165) is 102 Å². The van der Waals surface area contributed by atoms with Gasteiger partial charge < -0.3 is 19.6 Å². The SMILES string of the molecule is CC(C)(C)c1cc(N2[CH-]N(c3[c-]c(N(c4[c-]c5c(cc4)-c4ccccc4-c4ccccc4N5c4cc(C(C)(C)c5ccccc5)ccn4)c4ccccc4)cc(-c4ccccc4)c3)c3ccc(-c4ccccc4)cc32)cc(C(C)(C)C)c1.[Pt]. The third-order valence-electron chi connectivity index (χ3n) is 16.4. The molecule has 0 fully saturated rings. The summed E-state index contributed by atoms with van der Waals surface area (Å²) in [6.45, 7) is 20.7. The van der Waals surface area contributed by atoms with Crippen molar-refractivity contribution in [3.8, 4) is 44.5 Å². The van der Waals surface area contributed by atoms with Crippen LogP contribution in [0, 0.1) is 18.8 Å². The first-order chi connectivity index (χ1) is 39.7. The smallest absolute Gasteiger partial charge is 0.135 e. The minimum atomic E-state index is -0.302. The minimum absolute atomic E-state index is 0. The zero-order valence-corrected chi connectivity index (χ0v) is 50.6. The molecule has 0 bridgehead atoms. The van der Waals surface area contributed by atoms with Gasteiger partial charge in [-0.15, -0.1) is 53.8 Å². The van der Waals surface area contributed by atoms with Gasteiger partial charge >= 0.3 is 0 Å². The van der Waals surface area contributed by atoms with Gasteiger partial charge in [0.2, 0.25) is 0 Å². The predicted molar refractivity (Wildman–Crippen MR) is 344 cm³/mol. The summed E-state index contributed by atoms with van der Waals surface area (Å²) in [6.07, 6.45) is 1.96. The van der Waals surface area contributed by atoms with E-state index in [4.69, 9.17) is 4.98 Å². The molecule has 412 valence electrons. The van der Waals surface area contributed by atoms with Crippen molar-refractivity contribution in [2.45, 2.75) is 71.6 Å². The van der Waals surface area contributed by atoms with E-state index in [0.29, 0.717) is 0 Å². The molecule has 5 nitrogen and oxygen atoms in total. The van der Waals surface area contributed by atoms with Crippen LogP contribution in [0.4, 0.5) is 57.0 Å². The van der Waals surface area contributed by atoms with Crippen LogP contribution in [0.2, 0.25) is 0 Å². The Kier molecular flexibility index (Phi) is 14.4. The number of nitrogens with zero attached hydrogens (tertiary/aromatic N) is 5. The number of hydrogen-bond acceptors (Lipinski definition) is 5. The number of anilines is 10. The molecule has 0 saturated carbocycles. The normalized spacial score (nSPS) is 12.8. The van der Waals surface area contributed by atoms with Crippen molar-refractivity contribution in [3.63, 3.8) is 0 Å². The van der Waals surface area contributed by atoms with E-state index in [1.54, 1.807) is 0 Å². The average Bonchev–Trinajstić information content (AvgIpc) is 4.03. The zero-order valence-electron chi connectivity index (χ0n) is 48.3. The maximum absolute atomic E-state index is 5.24. The first-order valence-corrected chi connectivity index (χ1v) is 28.5. The maximum Gasteiger partial charge on any atom is 0.135 e. The molecule has 2 aliphatic rings. The molecule has 3 heterocycles. The molecule has 10 aromatic carbocycles. The van der Waals surface area contributed by atoms with Crippen LogP contribution in [0.3, 0.4) is 0 Å². The van der Waals surface area contributed by atoms with Crippen LogP contribution in [-0.2, 0) is 37.3 Å². The summed E-state index contributed by atoms with van der Waals surface area (Å²) in [4.78, 5) is 14.6. The molecule has 11 aromatic rings. The van der Waals surface area contributed by atoms with Gasteiger partial charge in [-0.3, -0.25) is 0 Å². The predicted octanol–water partition coefficient (Wildman–Crippen LogP) is 20.9. The van der Waals surface area contributed by atoms with Crippen molar-refractivity contribution in [2.75, 3.05) is 19.6 Å². The van der Waals surface area contributed by atoms with E-state index in [9.17, 15) is 0 Å². The molecule has 0 saturated heterocycles. The van der Waals surface area contributed by atoms with Crippen LogP contribution in [0.25, 0.3) is 44.5 Å². The molecular weight excluding hydrogens is 1190 g/mol. The van der Waals surface area contributed by atoms with E-state index >= 15 is 0 Å². The average molecular weight is 1260 g/mol. The Morgan fingerprint density at radius 3 is 1.63 bits per heavy atom. The number of para-hydroxylation sites is 2. The van der Waals surface area contributed by atoms with Crippen molar-refractivity contribution in [2.24, 2.45) is 0 Å². The van der Waals surface area contributed by atoms with Crippen LogP contribution in [-0.4, -0.2) is 4.98 Å². The van der Waals surface area contributed by atoms with Gasteiger partial charge in [0.15, 0.2) is 0 Å². The second-order valence-electron chi connectivity index (χ2n) is 24.3. The van der Waals surface area contributed by atoms with Crippen molar-refractivity contribution in [1.82, 2.24) is 4.98 Å². The van der Waals surface area contributed by atoms with Gasteiger partial charge in [-0.1, -0.05) is 242 Å². The fourth-order valence-electron chi connectivity index (χ4n) is 11.7. The summed E-state index contributed by atoms with van der Waals surface area (Å²) in [5.41, 5.74) is 22.3. The quantitative estimate of drug-likeness (QED) is 0.127. The summed E-state index contributed by atoms with van der Waals surface area (Å²) in [5.74, 6) is 0.813. The molecule has 0 unspecified atom stereocenters. The summed E-state index contributed by atoms with van der Waals surface area (Å²) in [6, 6.07) is 96.0. The largest absolute Gasteiger partial charge is 0.493 e. The standard InChI is InChI=1S/C77H66N5.Pt/c1-75(2,3)59-46-60(76(4,5)6)48-64(47-59)80-52-79(71-40-37-55(45-73(71)80)53-25-13-9-14-26-53)63-43-56(54-27-15-10-16-28-54)44-65(50-63)81(61-31-19-12-20-32-61)62-38-39-69-67-34-22-21-33-66(67)68-35-23-24-36-70(68)82(72(69)51-62)74-49-58(41-42-78-74)77(7,8)57-29-17-11-18-30-57;/h9-49,52H,1-8H3;/q-3;. The van der Waals surface area contributed by atoms with Gasteiger partial charge in [-0.2, -0.15) is 6.07 Å². The topological polar surface area (TPSA) is 25.9 Å². The fourth-order valence-corrected chi connectivity index (χ4v) is 11.7. The Labute approximate surface area is 505 Å². The molecule has 0 amide bonds. The van der Waals surface area contributed by atoms with Gasteiger partial charge in [0.25, 0.3) is 0 Å². The number of fused-ring (bicyclic) bond motifs is 6. The monoisotopic (exact) mass is 1260 g/mol. The van der Waals surface area contributed by atoms with Crippen LogP contribution in [0.5, 0.6) is 0 Å². The Morgan fingerprint density at radius 1 is 0.398 bits per heavy atom. The Balaban J connectivity index is 0.00000680. The molecule has 0 atom stereocenters. The Hall–Kier alpha value is -8.76. The minimum Gasteiger partial charge on any atom is -0.493 e. The summed E-state index contributed by atoms with van der Waals surface area (Å²) in [7, 11) is 0. The van der Waals surface area contributed by atoms with Crippen molar-refractivity contribution >= 4 is 57.0 Å². The van der Waals surface area contributed by atoms with Crippen molar-refractivity contribution in [1.29, 1.82) is 0 Å². The summed E-state index contributed by atoms with van der Waals surface area (Å²) in [5, 5.41) is 0. The second-order valence-corrected chi connectivity index (χ2v) is 24.3. The van der Waals surface area contributed by atoms with Gasteiger partial charge in [-0.25, -0.2) is 4.98 Å². The molecule has 2 aliphatic heterocycles. The van der Waals surface area contributed by atoms with E-state index in [-0.39, 0.29) is 37.3 Å². The molecule has 1 aromatic heterocycles. The molecule has 0 radical (unpaired) electrons. The Bertz CT molecular complexity index is 4110. The molecule has 0 aliphatic carbocycles. The second kappa shape index (κ2) is 21.9. The van der Waals surface area contributed by atoms with E-state index < -0.39 is 0 Å². The van der Waals surface area contributed by atoms with Crippen LogP contribution < -0.4 is 19.6 Å². The van der Waals surface area contributed by atoms with E-state index in [2.05, 4.69) is 336 Å². The number of pyridine rings is 1. The number of rotatable bonds is 10. The van der Waals surface area contributed by atoms with Crippen LogP contribution in [0.15, 0.2) is 249 Å². The fraction of sp³-hybridized carbons (Fsp3) is 0.143. The Morgan fingerprint density at radius 2 is 0.976 bits per heavy atom. The third-order valence-corrected chi connectivity index (χ3v) is 16.4. The van der Waals surface area contributed by atoms with Crippen molar-refractivity contribution < 1.29 is 21.1 Å². The van der Waals surface area contributed by atoms with Crippen LogP contribution >= 0.6 is 0 Å². The van der Waals surface area contributed by atoms with Gasteiger partial charge in [0.1, 0.15) is 5.82 Å². The summed E-state index contributed by atoms with van der Waals surface area (Å²) >= 11 is 0. The molecule has 0 spiro atoms. The van der Waals surface area contributed by atoms with Gasteiger partial charge in [0.05, 0.1) is 5.69 Å². The number of benzene rings is 10. The van der Waals surface area contributed by atoms with E-state index in [1.165, 1.54) is 22.3 Å². The third kappa shape index (κ3) is 10.4. The molecule has 6 heteroatoms. The van der Waals surface area contributed by atoms with E-state index in [1.807, 2.05) is 6.20 Å². The maximum atomic E-state index is 5.24. The molecule has 83 heavy (non-hydrogen) atoms. The number of hydrogen-bond donors (Lipinski definition) is 0. The number of aromatic nitrogens is 1. The molecule has 13 rings (SSSR count). The zero-order chi connectivity index (χ0) is 56.3. The van der Waals surface area contributed by atoms with Gasteiger partial charge in [-0.05, 0) is 110 Å².